The topological polar surface area (TPSA) is 75.9 Å². The maximum absolute atomic E-state index is 12.7. The number of benzene rings is 1. The molecule has 7 heteroatoms. The van der Waals surface area contributed by atoms with Gasteiger partial charge in [0.05, 0.1) is 11.7 Å². The molecule has 0 aliphatic carbocycles. The van der Waals surface area contributed by atoms with Crippen LogP contribution in [0, 0.1) is 0 Å². The van der Waals surface area contributed by atoms with Crippen molar-refractivity contribution < 1.29 is 18.8 Å². The second-order valence-corrected chi connectivity index (χ2v) is 7.11. The van der Waals surface area contributed by atoms with Crippen LogP contribution in [-0.2, 0) is 26.3 Å². The minimum absolute atomic E-state index is 0.0276. The number of nitrogens with zero attached hydrogens (tertiary/aromatic N) is 3. The molecule has 7 nitrogen and oxygen atoms in total. The van der Waals surface area contributed by atoms with E-state index in [1.165, 1.54) is 0 Å². The Hall–Kier alpha value is -2.67. The number of carbonyl (C=O) groups excluding carboxylic acids is 2. The fourth-order valence-electron chi connectivity index (χ4n) is 4.21. The lowest BCUT2D eigenvalue weighted by Gasteiger charge is -2.54. The van der Waals surface area contributed by atoms with E-state index in [4.69, 9.17) is 9.26 Å². The van der Waals surface area contributed by atoms with Crippen LogP contribution in [0.3, 0.4) is 0 Å². The highest BCUT2D eigenvalue weighted by Crippen LogP contribution is 2.42. The Kier molecular flexibility index (Phi) is 4.70. The van der Waals surface area contributed by atoms with Crippen LogP contribution >= 0.6 is 0 Å². The van der Waals surface area contributed by atoms with Crippen molar-refractivity contribution in [3.63, 3.8) is 0 Å². The van der Waals surface area contributed by atoms with E-state index in [0.717, 1.165) is 5.56 Å². The molecule has 2 saturated heterocycles. The molecular weight excluding hydrogens is 346 g/mol. The predicted octanol–water partition coefficient (Wildman–Crippen LogP) is 1.59. The van der Waals surface area contributed by atoms with Gasteiger partial charge in [0.2, 0.25) is 11.8 Å². The number of amides is 2. The number of morpholine rings is 1. The van der Waals surface area contributed by atoms with E-state index in [1.807, 2.05) is 47.2 Å². The lowest BCUT2D eigenvalue weighted by Crippen LogP contribution is -2.67. The van der Waals surface area contributed by atoms with Gasteiger partial charge >= 0.3 is 0 Å². The van der Waals surface area contributed by atoms with Crippen LogP contribution in [0.5, 0.6) is 0 Å². The molecule has 2 amide bonds. The number of hydrogen-bond acceptors (Lipinski definition) is 5. The van der Waals surface area contributed by atoms with Crippen molar-refractivity contribution in [2.75, 3.05) is 26.7 Å². The summed E-state index contributed by atoms with van der Waals surface area (Å²) in [6.45, 7) is 1.11. The molecule has 2 aromatic rings. The smallest absolute Gasteiger partial charge is 0.249 e. The molecular formula is C20H23N3O4. The standard InChI is InChI=1S/C20H23N3O4/c1-22-19(25)14-26-17-13-23(18(24)8-7-16-9-11-21-27-16)12-10-20(17,22)15-5-3-2-4-6-15/h2-6,9,11,17H,7-8,10,12-14H2,1H3/t17-,20+/m1/s1. The first-order valence-electron chi connectivity index (χ1n) is 9.22. The summed E-state index contributed by atoms with van der Waals surface area (Å²) in [7, 11) is 1.84. The molecule has 2 aliphatic heterocycles. The molecule has 4 rings (SSSR count). The molecule has 0 N–H and O–H groups in total. The zero-order chi connectivity index (χ0) is 18.9. The van der Waals surface area contributed by atoms with Crippen molar-refractivity contribution in [1.29, 1.82) is 0 Å². The first-order chi connectivity index (χ1) is 13.1. The third-order valence-corrected chi connectivity index (χ3v) is 5.77. The lowest BCUT2D eigenvalue weighted by atomic mass is 9.76. The average Bonchev–Trinajstić information content (AvgIpc) is 3.23. The van der Waals surface area contributed by atoms with Gasteiger partial charge in [-0.2, -0.15) is 0 Å². The van der Waals surface area contributed by atoms with Crippen LogP contribution in [0.2, 0.25) is 0 Å². The maximum Gasteiger partial charge on any atom is 0.249 e. The molecule has 2 atom stereocenters. The maximum atomic E-state index is 12.7. The van der Waals surface area contributed by atoms with Crippen molar-refractivity contribution in [3.8, 4) is 0 Å². The van der Waals surface area contributed by atoms with Crippen LogP contribution in [0.15, 0.2) is 47.1 Å². The summed E-state index contributed by atoms with van der Waals surface area (Å²) >= 11 is 0. The van der Waals surface area contributed by atoms with Crippen LogP contribution in [0.25, 0.3) is 0 Å². The molecule has 0 spiro atoms. The SMILES string of the molecule is CN1C(=O)CO[C@@H]2CN(C(=O)CCc3ccno3)CC[C@]21c1ccccc1. The molecule has 2 aliphatic rings. The second-order valence-electron chi connectivity index (χ2n) is 7.11. The summed E-state index contributed by atoms with van der Waals surface area (Å²) in [5, 5.41) is 3.67. The molecule has 27 heavy (non-hydrogen) atoms. The number of fused-ring (bicyclic) bond motifs is 1. The van der Waals surface area contributed by atoms with Gasteiger partial charge in [-0.25, -0.2) is 0 Å². The fraction of sp³-hybridized carbons (Fsp3) is 0.450. The van der Waals surface area contributed by atoms with Crippen LogP contribution < -0.4 is 0 Å². The number of rotatable bonds is 4. The van der Waals surface area contributed by atoms with Gasteiger partial charge in [-0.15, -0.1) is 0 Å². The van der Waals surface area contributed by atoms with E-state index in [1.54, 1.807) is 12.3 Å². The Morgan fingerprint density at radius 2 is 2.11 bits per heavy atom. The van der Waals surface area contributed by atoms with Gasteiger partial charge in [0.1, 0.15) is 18.5 Å². The minimum Gasteiger partial charge on any atom is -0.364 e. The Morgan fingerprint density at radius 1 is 1.30 bits per heavy atom. The summed E-state index contributed by atoms with van der Waals surface area (Å²) in [5.74, 6) is 0.745. The highest BCUT2D eigenvalue weighted by atomic mass is 16.5. The van der Waals surface area contributed by atoms with Crippen molar-refractivity contribution in [1.82, 2.24) is 15.0 Å². The van der Waals surface area contributed by atoms with Crippen molar-refractivity contribution in [2.45, 2.75) is 30.9 Å². The summed E-state index contributed by atoms with van der Waals surface area (Å²) < 4.78 is 11.0. The Bertz CT molecular complexity index is 808. The molecule has 0 unspecified atom stereocenters. The molecule has 0 saturated carbocycles. The summed E-state index contributed by atoms with van der Waals surface area (Å²) in [5.41, 5.74) is 0.525. The zero-order valence-corrected chi connectivity index (χ0v) is 15.3. The lowest BCUT2D eigenvalue weighted by molar-refractivity contribution is -0.184. The Labute approximate surface area is 157 Å². The largest absolute Gasteiger partial charge is 0.364 e. The Balaban J connectivity index is 1.52. The third kappa shape index (κ3) is 3.12. The highest BCUT2D eigenvalue weighted by Gasteiger charge is 2.53. The average molecular weight is 369 g/mol. The van der Waals surface area contributed by atoms with Gasteiger partial charge in [-0.3, -0.25) is 9.59 Å². The normalized spacial score (nSPS) is 25.4. The van der Waals surface area contributed by atoms with Crippen molar-refractivity contribution >= 4 is 11.8 Å². The number of ether oxygens (including phenoxy) is 1. The van der Waals surface area contributed by atoms with E-state index in [9.17, 15) is 9.59 Å². The summed E-state index contributed by atoms with van der Waals surface area (Å²) in [4.78, 5) is 28.7. The molecule has 2 fully saturated rings. The van der Waals surface area contributed by atoms with Gasteiger partial charge < -0.3 is 19.1 Å². The summed E-state index contributed by atoms with van der Waals surface area (Å²) in [6.07, 6.45) is 2.89. The zero-order valence-electron chi connectivity index (χ0n) is 15.3. The predicted molar refractivity (Wildman–Crippen MR) is 96.7 cm³/mol. The quantitative estimate of drug-likeness (QED) is 0.818. The number of likely N-dealkylation sites (tertiary alicyclic amines) is 1. The molecule has 1 aromatic heterocycles. The van der Waals surface area contributed by atoms with Crippen LogP contribution in [0.4, 0.5) is 0 Å². The van der Waals surface area contributed by atoms with Gasteiger partial charge in [0.15, 0.2) is 0 Å². The Morgan fingerprint density at radius 3 is 2.85 bits per heavy atom. The molecule has 3 heterocycles. The monoisotopic (exact) mass is 369 g/mol. The van der Waals surface area contributed by atoms with E-state index >= 15 is 0 Å². The molecule has 0 radical (unpaired) electrons. The number of aromatic nitrogens is 1. The van der Waals surface area contributed by atoms with Gasteiger partial charge in [-0.05, 0) is 12.0 Å². The third-order valence-electron chi connectivity index (χ3n) is 5.77. The first-order valence-corrected chi connectivity index (χ1v) is 9.22. The number of likely N-dealkylation sites (N-methyl/N-ethyl adjacent to an activating group) is 1. The first kappa shape index (κ1) is 17.7. The van der Waals surface area contributed by atoms with Crippen LogP contribution in [0.1, 0.15) is 24.2 Å². The van der Waals surface area contributed by atoms with Crippen molar-refractivity contribution in [2.24, 2.45) is 0 Å². The van der Waals surface area contributed by atoms with E-state index in [0.29, 0.717) is 38.1 Å². The molecule has 142 valence electrons. The van der Waals surface area contributed by atoms with E-state index in [2.05, 4.69) is 5.16 Å². The number of hydrogen-bond donors (Lipinski definition) is 0. The second kappa shape index (κ2) is 7.15. The number of aryl methyl sites for hydroxylation is 1. The fourth-order valence-corrected chi connectivity index (χ4v) is 4.21. The highest BCUT2D eigenvalue weighted by molar-refractivity contribution is 5.80. The minimum atomic E-state index is -0.529. The van der Waals surface area contributed by atoms with Gasteiger partial charge in [-0.1, -0.05) is 35.5 Å². The van der Waals surface area contributed by atoms with E-state index < -0.39 is 5.54 Å². The van der Waals surface area contributed by atoms with Gasteiger partial charge in [0, 0.05) is 39.0 Å². The number of carbonyl (C=O) groups is 2. The van der Waals surface area contributed by atoms with Crippen molar-refractivity contribution in [3.05, 3.63) is 53.9 Å². The van der Waals surface area contributed by atoms with E-state index in [-0.39, 0.29) is 24.5 Å². The van der Waals surface area contributed by atoms with Crippen LogP contribution in [-0.4, -0.2) is 59.6 Å². The summed E-state index contributed by atoms with van der Waals surface area (Å²) in [6, 6.07) is 11.8. The molecule has 1 aromatic carbocycles. The number of piperidine rings is 1. The van der Waals surface area contributed by atoms with Gasteiger partial charge in [0.25, 0.3) is 0 Å². The molecule has 0 bridgehead atoms.